The summed E-state index contributed by atoms with van der Waals surface area (Å²) in [6, 6.07) is 9.47. The van der Waals surface area contributed by atoms with Gasteiger partial charge in [0.05, 0.1) is 23.8 Å². The highest BCUT2D eigenvalue weighted by molar-refractivity contribution is 6.05. The molecule has 1 aromatic heterocycles. The van der Waals surface area contributed by atoms with Crippen LogP contribution in [0.25, 0.3) is 10.9 Å². The van der Waals surface area contributed by atoms with Crippen molar-refractivity contribution in [3.8, 4) is 0 Å². The first-order chi connectivity index (χ1) is 11.3. The van der Waals surface area contributed by atoms with E-state index in [1.54, 1.807) is 12.3 Å². The van der Waals surface area contributed by atoms with E-state index >= 15 is 0 Å². The number of amides is 1. The first-order valence-electron chi connectivity index (χ1n) is 8.16. The van der Waals surface area contributed by atoms with Crippen molar-refractivity contribution in [1.29, 1.82) is 0 Å². The molecule has 122 valence electrons. The average molecular weight is 314 g/mol. The molecule has 1 aliphatic rings. The molecular formula is C18H22N2O3. The van der Waals surface area contributed by atoms with Crippen LogP contribution in [0.15, 0.2) is 36.5 Å². The van der Waals surface area contributed by atoms with Crippen LogP contribution in [0.2, 0.25) is 0 Å². The Balaban J connectivity index is 1.42. The van der Waals surface area contributed by atoms with Crippen molar-refractivity contribution in [2.24, 2.45) is 0 Å². The highest BCUT2D eigenvalue weighted by Gasteiger charge is 2.15. The van der Waals surface area contributed by atoms with Gasteiger partial charge in [-0.3, -0.25) is 9.78 Å². The molecule has 2 aromatic rings. The number of para-hydroxylation sites is 1. The van der Waals surface area contributed by atoms with E-state index < -0.39 is 0 Å². The maximum Gasteiger partial charge on any atom is 0.253 e. The van der Waals surface area contributed by atoms with Crippen molar-refractivity contribution in [2.45, 2.75) is 25.4 Å². The summed E-state index contributed by atoms with van der Waals surface area (Å²) >= 11 is 0. The van der Waals surface area contributed by atoms with Gasteiger partial charge in [-0.2, -0.15) is 0 Å². The standard InChI is InChI=1S/C18H22N2O3/c21-18(16-8-1-5-14-6-2-9-19-17(14)16)20-10-4-11-22-13-15-7-3-12-23-15/h1-2,5-6,8-9,15H,3-4,7,10-13H2,(H,20,21). The topological polar surface area (TPSA) is 60.5 Å². The van der Waals surface area contributed by atoms with Crippen LogP contribution in [-0.2, 0) is 9.47 Å². The molecule has 0 aliphatic carbocycles. The van der Waals surface area contributed by atoms with Gasteiger partial charge in [-0.1, -0.05) is 18.2 Å². The number of aromatic nitrogens is 1. The highest BCUT2D eigenvalue weighted by Crippen LogP contribution is 2.15. The number of nitrogens with one attached hydrogen (secondary N) is 1. The summed E-state index contributed by atoms with van der Waals surface area (Å²) in [5.41, 5.74) is 1.35. The monoisotopic (exact) mass is 314 g/mol. The van der Waals surface area contributed by atoms with Gasteiger partial charge in [-0.05, 0) is 31.4 Å². The SMILES string of the molecule is O=C(NCCCOCC1CCCO1)c1cccc2cccnc12. The summed E-state index contributed by atoms with van der Waals surface area (Å²) in [7, 11) is 0. The Morgan fingerprint density at radius 2 is 2.26 bits per heavy atom. The molecule has 0 radical (unpaired) electrons. The number of hydrogen-bond acceptors (Lipinski definition) is 4. The van der Waals surface area contributed by atoms with Crippen molar-refractivity contribution in [3.63, 3.8) is 0 Å². The molecule has 0 spiro atoms. The van der Waals surface area contributed by atoms with Crippen LogP contribution in [0.3, 0.4) is 0 Å². The second-order valence-electron chi connectivity index (χ2n) is 5.70. The van der Waals surface area contributed by atoms with E-state index in [0.29, 0.717) is 25.3 Å². The van der Waals surface area contributed by atoms with E-state index in [4.69, 9.17) is 9.47 Å². The van der Waals surface area contributed by atoms with E-state index in [2.05, 4.69) is 10.3 Å². The number of rotatable bonds is 7. The minimum absolute atomic E-state index is 0.0894. The van der Waals surface area contributed by atoms with Gasteiger partial charge in [0.2, 0.25) is 0 Å². The molecule has 1 atom stereocenters. The smallest absolute Gasteiger partial charge is 0.253 e. The summed E-state index contributed by atoms with van der Waals surface area (Å²) in [5, 5.41) is 3.90. The molecule has 5 nitrogen and oxygen atoms in total. The van der Waals surface area contributed by atoms with E-state index in [9.17, 15) is 4.79 Å². The van der Waals surface area contributed by atoms with Gasteiger partial charge >= 0.3 is 0 Å². The second-order valence-corrected chi connectivity index (χ2v) is 5.70. The van der Waals surface area contributed by atoms with Crippen molar-refractivity contribution in [3.05, 3.63) is 42.1 Å². The van der Waals surface area contributed by atoms with Crippen molar-refractivity contribution >= 4 is 16.8 Å². The predicted molar refractivity (Wildman–Crippen MR) is 88.5 cm³/mol. The zero-order valence-corrected chi connectivity index (χ0v) is 13.2. The molecule has 1 saturated heterocycles. The number of pyridine rings is 1. The fraction of sp³-hybridized carbons (Fsp3) is 0.444. The Bertz CT molecular complexity index is 648. The number of benzene rings is 1. The minimum Gasteiger partial charge on any atom is -0.379 e. The molecular weight excluding hydrogens is 292 g/mol. The molecule has 0 bridgehead atoms. The molecule has 1 aliphatic heterocycles. The molecule has 1 amide bonds. The number of ether oxygens (including phenoxy) is 2. The number of fused-ring (bicyclic) bond motifs is 1. The summed E-state index contributed by atoms with van der Waals surface area (Å²) in [5.74, 6) is -0.0894. The quantitative estimate of drug-likeness (QED) is 0.798. The van der Waals surface area contributed by atoms with Gasteiger partial charge < -0.3 is 14.8 Å². The predicted octanol–water partition coefficient (Wildman–Crippen LogP) is 2.55. The van der Waals surface area contributed by atoms with Gasteiger partial charge in [0, 0.05) is 31.3 Å². The van der Waals surface area contributed by atoms with E-state index in [1.807, 2.05) is 24.3 Å². The molecule has 3 rings (SSSR count). The summed E-state index contributed by atoms with van der Waals surface area (Å²) in [4.78, 5) is 16.6. The van der Waals surface area contributed by atoms with E-state index in [-0.39, 0.29) is 12.0 Å². The lowest BCUT2D eigenvalue weighted by Crippen LogP contribution is -2.26. The lowest BCUT2D eigenvalue weighted by molar-refractivity contribution is 0.0166. The van der Waals surface area contributed by atoms with Gasteiger partial charge in [-0.15, -0.1) is 0 Å². The van der Waals surface area contributed by atoms with Gasteiger partial charge in [-0.25, -0.2) is 0 Å². The lowest BCUT2D eigenvalue weighted by atomic mass is 10.1. The highest BCUT2D eigenvalue weighted by atomic mass is 16.5. The second kappa shape index (κ2) is 8.04. The van der Waals surface area contributed by atoms with Crippen molar-refractivity contribution < 1.29 is 14.3 Å². The zero-order chi connectivity index (χ0) is 15.9. The Kier molecular flexibility index (Phi) is 5.56. The fourth-order valence-corrected chi connectivity index (χ4v) is 2.75. The first kappa shape index (κ1) is 15.9. The number of nitrogens with zero attached hydrogens (tertiary/aromatic N) is 1. The van der Waals surface area contributed by atoms with Crippen LogP contribution in [-0.4, -0.2) is 43.4 Å². The third-order valence-electron chi connectivity index (χ3n) is 3.96. The summed E-state index contributed by atoms with van der Waals surface area (Å²) in [6.45, 7) is 2.73. The van der Waals surface area contributed by atoms with Gasteiger partial charge in [0.1, 0.15) is 0 Å². The fourth-order valence-electron chi connectivity index (χ4n) is 2.75. The molecule has 1 aromatic carbocycles. The van der Waals surface area contributed by atoms with Crippen molar-refractivity contribution in [2.75, 3.05) is 26.4 Å². The number of carbonyl (C=O) groups excluding carboxylic acids is 1. The van der Waals surface area contributed by atoms with Crippen molar-refractivity contribution in [1.82, 2.24) is 10.3 Å². The van der Waals surface area contributed by atoms with E-state index in [1.165, 1.54) is 0 Å². The average Bonchev–Trinajstić information content (AvgIpc) is 3.10. The van der Waals surface area contributed by atoms with Gasteiger partial charge in [0.15, 0.2) is 0 Å². The normalized spacial score (nSPS) is 17.5. The minimum atomic E-state index is -0.0894. The van der Waals surface area contributed by atoms with Crippen LogP contribution < -0.4 is 5.32 Å². The molecule has 1 fully saturated rings. The molecule has 1 unspecified atom stereocenters. The maximum absolute atomic E-state index is 12.3. The Morgan fingerprint density at radius 1 is 1.35 bits per heavy atom. The number of carbonyl (C=O) groups is 1. The lowest BCUT2D eigenvalue weighted by Gasteiger charge is -2.10. The summed E-state index contributed by atoms with van der Waals surface area (Å²) < 4.78 is 11.1. The zero-order valence-electron chi connectivity index (χ0n) is 13.2. The molecule has 1 N–H and O–H groups in total. The number of hydrogen-bond donors (Lipinski definition) is 1. The molecule has 0 saturated carbocycles. The third kappa shape index (κ3) is 4.27. The maximum atomic E-state index is 12.3. The van der Waals surface area contributed by atoms with Crippen LogP contribution in [0, 0.1) is 0 Å². The Labute approximate surface area is 136 Å². The Morgan fingerprint density at radius 3 is 3.13 bits per heavy atom. The Hall–Kier alpha value is -1.98. The summed E-state index contributed by atoms with van der Waals surface area (Å²) in [6.07, 6.45) is 4.97. The molecule has 23 heavy (non-hydrogen) atoms. The van der Waals surface area contributed by atoms with Crippen LogP contribution in [0.5, 0.6) is 0 Å². The van der Waals surface area contributed by atoms with Crippen LogP contribution >= 0.6 is 0 Å². The van der Waals surface area contributed by atoms with Crippen LogP contribution in [0.1, 0.15) is 29.6 Å². The van der Waals surface area contributed by atoms with Gasteiger partial charge in [0.25, 0.3) is 5.91 Å². The largest absolute Gasteiger partial charge is 0.379 e. The first-order valence-corrected chi connectivity index (χ1v) is 8.16. The van der Waals surface area contributed by atoms with E-state index in [0.717, 1.165) is 36.8 Å². The third-order valence-corrected chi connectivity index (χ3v) is 3.96. The molecule has 2 heterocycles. The molecule has 5 heteroatoms. The van der Waals surface area contributed by atoms with Crippen LogP contribution in [0.4, 0.5) is 0 Å².